The largest absolute Gasteiger partial charge is 0.491 e. The van der Waals surface area contributed by atoms with Gasteiger partial charge in [0.25, 0.3) is 0 Å². The summed E-state index contributed by atoms with van der Waals surface area (Å²) in [7, 11) is 1.96. The second-order valence-electron chi connectivity index (χ2n) is 4.92. The van der Waals surface area contributed by atoms with Gasteiger partial charge in [-0.3, -0.25) is 0 Å². The van der Waals surface area contributed by atoms with Gasteiger partial charge in [-0.15, -0.1) is 0 Å². The molecule has 0 aliphatic carbocycles. The van der Waals surface area contributed by atoms with Gasteiger partial charge in [0, 0.05) is 6.54 Å². The van der Waals surface area contributed by atoms with Gasteiger partial charge in [0.15, 0.2) is 0 Å². The Labute approximate surface area is 115 Å². The van der Waals surface area contributed by atoms with Gasteiger partial charge in [0.1, 0.15) is 5.75 Å². The van der Waals surface area contributed by atoms with Crippen LogP contribution in [0.4, 0.5) is 0 Å². The molecule has 0 aliphatic rings. The summed E-state index contributed by atoms with van der Waals surface area (Å²) in [5.41, 5.74) is 3.74. The summed E-state index contributed by atoms with van der Waals surface area (Å²) in [4.78, 5) is 0. The quantitative estimate of drug-likeness (QED) is 0.876. The van der Waals surface area contributed by atoms with Crippen LogP contribution in [-0.4, -0.2) is 13.2 Å². The van der Waals surface area contributed by atoms with Crippen molar-refractivity contribution in [1.82, 2.24) is 5.32 Å². The minimum absolute atomic E-state index is 0.215. The molecule has 0 saturated carbocycles. The van der Waals surface area contributed by atoms with E-state index in [0.717, 1.165) is 12.3 Å². The van der Waals surface area contributed by atoms with Crippen LogP contribution >= 0.6 is 0 Å². The lowest BCUT2D eigenvalue weighted by Crippen LogP contribution is -2.05. The molecule has 0 amide bonds. The van der Waals surface area contributed by atoms with Crippen LogP contribution in [0, 0.1) is 0 Å². The molecule has 2 aromatic carbocycles. The Bertz CT molecular complexity index is 500. The number of benzene rings is 2. The second-order valence-corrected chi connectivity index (χ2v) is 4.92. The van der Waals surface area contributed by atoms with Crippen LogP contribution in [0.15, 0.2) is 48.5 Å². The average Bonchev–Trinajstić information content (AvgIpc) is 2.40. The molecule has 0 fully saturated rings. The fraction of sp³-hybridized carbons (Fsp3) is 0.294. The summed E-state index contributed by atoms with van der Waals surface area (Å²) >= 11 is 0. The zero-order valence-corrected chi connectivity index (χ0v) is 11.8. The first-order valence-corrected chi connectivity index (χ1v) is 6.69. The molecule has 0 bridgehead atoms. The Hall–Kier alpha value is -1.80. The fourth-order valence-electron chi connectivity index (χ4n) is 2.02. The minimum Gasteiger partial charge on any atom is -0.491 e. The maximum absolute atomic E-state index is 5.65. The van der Waals surface area contributed by atoms with Gasteiger partial charge in [0.2, 0.25) is 0 Å². The zero-order valence-electron chi connectivity index (χ0n) is 11.8. The zero-order chi connectivity index (χ0) is 13.7. The van der Waals surface area contributed by atoms with Gasteiger partial charge in [0.05, 0.1) is 6.10 Å². The molecule has 0 unspecified atom stereocenters. The van der Waals surface area contributed by atoms with Crippen molar-refractivity contribution in [2.24, 2.45) is 0 Å². The lowest BCUT2D eigenvalue weighted by atomic mass is 10.0. The van der Waals surface area contributed by atoms with E-state index >= 15 is 0 Å². The van der Waals surface area contributed by atoms with E-state index in [-0.39, 0.29) is 6.10 Å². The van der Waals surface area contributed by atoms with Crippen LogP contribution in [0.1, 0.15) is 19.4 Å². The van der Waals surface area contributed by atoms with Crippen molar-refractivity contribution in [3.63, 3.8) is 0 Å². The Balaban J connectivity index is 2.13. The number of ether oxygens (including phenoxy) is 1. The van der Waals surface area contributed by atoms with Gasteiger partial charge in [-0.1, -0.05) is 36.4 Å². The molecule has 2 aromatic rings. The summed E-state index contributed by atoms with van der Waals surface area (Å²) in [6.45, 7) is 4.98. The predicted octanol–water partition coefficient (Wildman–Crippen LogP) is 3.86. The highest BCUT2D eigenvalue weighted by atomic mass is 16.5. The first-order chi connectivity index (χ1) is 9.19. The third-order valence-corrected chi connectivity index (χ3v) is 2.89. The van der Waals surface area contributed by atoms with Gasteiger partial charge in [-0.2, -0.15) is 0 Å². The minimum atomic E-state index is 0.215. The van der Waals surface area contributed by atoms with Crippen molar-refractivity contribution < 1.29 is 4.74 Å². The van der Waals surface area contributed by atoms with E-state index in [1.807, 2.05) is 33.0 Å². The first-order valence-electron chi connectivity index (χ1n) is 6.69. The fourth-order valence-corrected chi connectivity index (χ4v) is 2.02. The first kappa shape index (κ1) is 13.6. The predicted molar refractivity (Wildman–Crippen MR) is 80.4 cm³/mol. The van der Waals surface area contributed by atoms with Crippen molar-refractivity contribution >= 4 is 0 Å². The number of nitrogens with one attached hydrogen (secondary N) is 1. The van der Waals surface area contributed by atoms with E-state index in [2.05, 4.69) is 41.7 Å². The van der Waals surface area contributed by atoms with Crippen molar-refractivity contribution in [2.45, 2.75) is 26.5 Å². The van der Waals surface area contributed by atoms with Crippen LogP contribution in [0.2, 0.25) is 0 Å². The molecule has 2 rings (SSSR count). The van der Waals surface area contributed by atoms with Crippen molar-refractivity contribution in [3.8, 4) is 16.9 Å². The summed E-state index contributed by atoms with van der Waals surface area (Å²) < 4.78 is 5.65. The molecule has 0 radical (unpaired) electrons. The maximum atomic E-state index is 5.65. The Morgan fingerprint density at radius 2 is 1.42 bits per heavy atom. The summed E-state index contributed by atoms with van der Waals surface area (Å²) in [6, 6.07) is 16.9. The van der Waals surface area contributed by atoms with Crippen molar-refractivity contribution in [1.29, 1.82) is 0 Å². The standard InChI is InChI=1S/C17H21NO/c1-13(2)19-17-10-8-16(9-11-17)15-6-4-14(5-7-15)12-18-3/h4-11,13,18H,12H2,1-3H3. The number of hydrogen-bond acceptors (Lipinski definition) is 2. The lowest BCUT2D eigenvalue weighted by molar-refractivity contribution is 0.242. The van der Waals surface area contributed by atoms with Crippen molar-refractivity contribution in [2.75, 3.05) is 7.05 Å². The molecule has 2 heteroatoms. The molecule has 100 valence electrons. The van der Waals surface area contributed by atoms with Crippen LogP contribution in [0.25, 0.3) is 11.1 Å². The lowest BCUT2D eigenvalue weighted by Gasteiger charge is -2.10. The van der Waals surface area contributed by atoms with Crippen molar-refractivity contribution in [3.05, 3.63) is 54.1 Å². The Morgan fingerprint density at radius 1 is 0.895 bits per heavy atom. The molecule has 0 atom stereocenters. The Morgan fingerprint density at radius 3 is 1.89 bits per heavy atom. The smallest absolute Gasteiger partial charge is 0.119 e. The van der Waals surface area contributed by atoms with Gasteiger partial charge < -0.3 is 10.1 Å². The summed E-state index contributed by atoms with van der Waals surface area (Å²) in [5.74, 6) is 0.922. The average molecular weight is 255 g/mol. The highest BCUT2D eigenvalue weighted by Gasteiger charge is 2.00. The second kappa shape index (κ2) is 6.39. The van der Waals surface area contributed by atoms with Crippen LogP contribution in [-0.2, 0) is 6.54 Å². The molecule has 0 aliphatic heterocycles. The van der Waals surface area contributed by atoms with E-state index in [4.69, 9.17) is 4.74 Å². The van der Waals surface area contributed by atoms with Gasteiger partial charge in [-0.05, 0) is 49.7 Å². The van der Waals surface area contributed by atoms with Gasteiger partial charge in [-0.25, -0.2) is 0 Å². The molecule has 0 aromatic heterocycles. The SMILES string of the molecule is CNCc1ccc(-c2ccc(OC(C)C)cc2)cc1. The summed E-state index contributed by atoms with van der Waals surface area (Å²) in [6.07, 6.45) is 0.215. The maximum Gasteiger partial charge on any atom is 0.119 e. The molecule has 0 saturated heterocycles. The van der Waals surface area contributed by atoms with E-state index in [1.165, 1.54) is 16.7 Å². The number of hydrogen-bond donors (Lipinski definition) is 1. The third-order valence-electron chi connectivity index (χ3n) is 2.89. The topological polar surface area (TPSA) is 21.3 Å². The molecule has 2 nitrogen and oxygen atoms in total. The molecular formula is C17H21NO. The Kier molecular flexibility index (Phi) is 4.58. The van der Waals surface area contributed by atoms with Gasteiger partial charge >= 0.3 is 0 Å². The van der Waals surface area contributed by atoms with E-state index in [1.54, 1.807) is 0 Å². The molecule has 19 heavy (non-hydrogen) atoms. The van der Waals surface area contributed by atoms with Crippen LogP contribution < -0.4 is 10.1 Å². The third kappa shape index (κ3) is 3.83. The highest BCUT2D eigenvalue weighted by molar-refractivity contribution is 5.64. The normalized spacial score (nSPS) is 10.7. The van der Waals surface area contributed by atoms with E-state index in [9.17, 15) is 0 Å². The van der Waals surface area contributed by atoms with E-state index in [0.29, 0.717) is 0 Å². The van der Waals surface area contributed by atoms with E-state index < -0.39 is 0 Å². The molecule has 0 spiro atoms. The van der Waals surface area contributed by atoms with Crippen LogP contribution in [0.3, 0.4) is 0 Å². The monoisotopic (exact) mass is 255 g/mol. The number of rotatable bonds is 5. The molecule has 1 N–H and O–H groups in total. The van der Waals surface area contributed by atoms with Crippen LogP contribution in [0.5, 0.6) is 5.75 Å². The molecular weight excluding hydrogens is 234 g/mol. The summed E-state index contributed by atoms with van der Waals surface area (Å²) in [5, 5.41) is 3.15. The highest BCUT2D eigenvalue weighted by Crippen LogP contribution is 2.23. The molecule has 0 heterocycles.